The molecule has 1 aromatic rings. The summed E-state index contributed by atoms with van der Waals surface area (Å²) in [5, 5.41) is 8.13. The molecular formula is C11H10BrNO3S. The van der Waals surface area contributed by atoms with E-state index in [1.165, 1.54) is 0 Å². The number of rotatable bonds is 3. The van der Waals surface area contributed by atoms with Crippen LogP contribution in [0.4, 0.5) is 0 Å². The second-order valence-corrected chi connectivity index (χ2v) is 6.85. The Morgan fingerprint density at radius 2 is 2.18 bits per heavy atom. The van der Waals surface area contributed by atoms with Crippen LogP contribution in [0.3, 0.4) is 0 Å². The van der Waals surface area contributed by atoms with Crippen LogP contribution in [0.25, 0.3) is 0 Å². The second-order valence-electron chi connectivity index (χ2n) is 3.80. The molecule has 0 N–H and O–H groups in total. The Balaban J connectivity index is 2.37. The number of nitriles is 1. The standard InChI is InChI=1S/C11H10BrNO3S/c12-10-5-8(3-4-13)1-2-11(10)17(14,15)9-6-16-7-9/h1-2,5,9H,3,6-7H2. The van der Waals surface area contributed by atoms with Crippen LogP contribution in [-0.4, -0.2) is 26.9 Å². The zero-order chi connectivity index (χ0) is 12.5. The first-order valence-electron chi connectivity index (χ1n) is 5.02. The Kier molecular flexibility index (Phi) is 3.52. The largest absolute Gasteiger partial charge is 0.379 e. The van der Waals surface area contributed by atoms with Gasteiger partial charge in [-0.05, 0) is 33.6 Å². The van der Waals surface area contributed by atoms with Crippen LogP contribution in [0.1, 0.15) is 5.56 Å². The number of ether oxygens (including phenoxy) is 1. The summed E-state index contributed by atoms with van der Waals surface area (Å²) >= 11 is 3.25. The summed E-state index contributed by atoms with van der Waals surface area (Å²) in [7, 11) is -3.32. The van der Waals surface area contributed by atoms with Crippen molar-refractivity contribution in [1.82, 2.24) is 0 Å². The molecule has 1 fully saturated rings. The molecule has 0 spiro atoms. The van der Waals surface area contributed by atoms with E-state index in [2.05, 4.69) is 15.9 Å². The molecule has 1 aromatic carbocycles. The minimum atomic E-state index is -3.32. The number of sulfone groups is 1. The Morgan fingerprint density at radius 3 is 2.65 bits per heavy atom. The fourth-order valence-corrected chi connectivity index (χ4v) is 4.15. The first-order valence-corrected chi connectivity index (χ1v) is 7.36. The van der Waals surface area contributed by atoms with Crippen molar-refractivity contribution in [2.45, 2.75) is 16.6 Å². The summed E-state index contributed by atoms with van der Waals surface area (Å²) in [6.45, 7) is 0.517. The number of halogens is 1. The second kappa shape index (κ2) is 4.77. The summed E-state index contributed by atoms with van der Waals surface area (Å²) in [6.07, 6.45) is 0.269. The molecule has 0 atom stereocenters. The van der Waals surface area contributed by atoms with Crippen LogP contribution in [0.2, 0.25) is 0 Å². The van der Waals surface area contributed by atoms with Gasteiger partial charge in [0.1, 0.15) is 5.25 Å². The van der Waals surface area contributed by atoms with Crippen molar-refractivity contribution in [3.05, 3.63) is 28.2 Å². The van der Waals surface area contributed by atoms with Crippen LogP contribution in [-0.2, 0) is 21.0 Å². The maximum atomic E-state index is 12.1. The van der Waals surface area contributed by atoms with Crippen molar-refractivity contribution in [2.75, 3.05) is 13.2 Å². The molecule has 90 valence electrons. The van der Waals surface area contributed by atoms with E-state index in [0.717, 1.165) is 5.56 Å². The van der Waals surface area contributed by atoms with Gasteiger partial charge in [-0.3, -0.25) is 0 Å². The fraction of sp³-hybridized carbons (Fsp3) is 0.364. The van der Waals surface area contributed by atoms with Gasteiger partial charge in [0.05, 0.1) is 30.6 Å². The molecule has 0 radical (unpaired) electrons. The van der Waals surface area contributed by atoms with E-state index in [0.29, 0.717) is 4.47 Å². The highest BCUT2D eigenvalue weighted by Gasteiger charge is 2.35. The monoisotopic (exact) mass is 315 g/mol. The average Bonchev–Trinajstić information content (AvgIpc) is 2.13. The van der Waals surface area contributed by atoms with Gasteiger partial charge >= 0.3 is 0 Å². The third-order valence-electron chi connectivity index (χ3n) is 2.63. The van der Waals surface area contributed by atoms with E-state index in [-0.39, 0.29) is 24.5 Å². The maximum Gasteiger partial charge on any atom is 0.186 e. The third kappa shape index (κ3) is 2.37. The highest BCUT2D eigenvalue weighted by atomic mass is 79.9. The smallest absolute Gasteiger partial charge is 0.186 e. The SMILES string of the molecule is N#CCc1ccc(S(=O)(=O)C2COC2)c(Br)c1. The Hall–Kier alpha value is -0.900. The van der Waals surface area contributed by atoms with Gasteiger partial charge < -0.3 is 4.74 Å². The molecule has 0 aromatic heterocycles. The topological polar surface area (TPSA) is 67.2 Å². The molecule has 6 heteroatoms. The van der Waals surface area contributed by atoms with E-state index in [1.54, 1.807) is 18.2 Å². The predicted octanol–water partition coefficient (Wildman–Crippen LogP) is 1.69. The molecule has 1 aliphatic heterocycles. The first-order chi connectivity index (χ1) is 8.05. The molecule has 17 heavy (non-hydrogen) atoms. The minimum Gasteiger partial charge on any atom is -0.379 e. The molecule has 1 heterocycles. The summed E-state index contributed by atoms with van der Waals surface area (Å²) in [6, 6.07) is 6.91. The van der Waals surface area contributed by atoms with Crippen molar-refractivity contribution in [3.8, 4) is 6.07 Å². The Labute approximate surface area is 108 Å². The van der Waals surface area contributed by atoms with Gasteiger partial charge in [0.25, 0.3) is 0 Å². The van der Waals surface area contributed by atoms with Crippen LogP contribution >= 0.6 is 15.9 Å². The summed E-state index contributed by atoms with van der Waals surface area (Å²) < 4.78 is 29.7. The summed E-state index contributed by atoms with van der Waals surface area (Å²) in [4.78, 5) is 0.271. The van der Waals surface area contributed by atoms with Gasteiger partial charge in [-0.15, -0.1) is 0 Å². The molecule has 0 bridgehead atoms. The van der Waals surface area contributed by atoms with Crippen molar-refractivity contribution in [1.29, 1.82) is 5.26 Å². The van der Waals surface area contributed by atoms with Gasteiger partial charge in [-0.1, -0.05) is 6.07 Å². The lowest BCUT2D eigenvalue weighted by Gasteiger charge is -2.26. The molecule has 0 aliphatic carbocycles. The lowest BCUT2D eigenvalue weighted by Crippen LogP contribution is -2.40. The molecule has 0 saturated carbocycles. The zero-order valence-electron chi connectivity index (χ0n) is 8.89. The van der Waals surface area contributed by atoms with Gasteiger partial charge in [-0.25, -0.2) is 8.42 Å². The maximum absolute atomic E-state index is 12.1. The molecule has 2 rings (SSSR count). The van der Waals surface area contributed by atoms with Crippen molar-refractivity contribution in [3.63, 3.8) is 0 Å². The molecule has 1 saturated heterocycles. The van der Waals surface area contributed by atoms with E-state index in [1.807, 2.05) is 6.07 Å². The quantitative estimate of drug-likeness (QED) is 0.851. The highest BCUT2D eigenvalue weighted by molar-refractivity contribution is 9.10. The number of hydrogen-bond donors (Lipinski definition) is 0. The van der Waals surface area contributed by atoms with Crippen LogP contribution in [0, 0.1) is 11.3 Å². The normalized spacial score (nSPS) is 16.2. The minimum absolute atomic E-state index is 0.259. The van der Waals surface area contributed by atoms with E-state index in [9.17, 15) is 8.42 Å². The molecule has 0 unspecified atom stereocenters. The molecular weight excluding hydrogens is 306 g/mol. The zero-order valence-corrected chi connectivity index (χ0v) is 11.3. The summed E-state index contributed by atoms with van der Waals surface area (Å²) in [5.74, 6) is 0. The van der Waals surface area contributed by atoms with Gasteiger partial charge in [0, 0.05) is 4.47 Å². The summed E-state index contributed by atoms with van der Waals surface area (Å²) in [5.41, 5.74) is 0.795. The number of nitrogens with zero attached hydrogens (tertiary/aromatic N) is 1. The van der Waals surface area contributed by atoms with Crippen molar-refractivity contribution >= 4 is 25.8 Å². The van der Waals surface area contributed by atoms with Gasteiger partial charge in [-0.2, -0.15) is 5.26 Å². The number of hydrogen-bond acceptors (Lipinski definition) is 4. The van der Waals surface area contributed by atoms with E-state index < -0.39 is 15.1 Å². The van der Waals surface area contributed by atoms with Gasteiger partial charge in [0.2, 0.25) is 0 Å². The Bertz CT molecular complexity index is 573. The predicted molar refractivity (Wildman–Crippen MR) is 65.3 cm³/mol. The molecule has 0 amide bonds. The lowest BCUT2D eigenvalue weighted by molar-refractivity contribution is 0.0416. The molecule has 1 aliphatic rings. The van der Waals surface area contributed by atoms with E-state index in [4.69, 9.17) is 10.00 Å². The van der Waals surface area contributed by atoms with Gasteiger partial charge in [0.15, 0.2) is 9.84 Å². The molecule has 4 nitrogen and oxygen atoms in total. The first kappa shape index (κ1) is 12.6. The van der Waals surface area contributed by atoms with Crippen LogP contribution in [0.15, 0.2) is 27.6 Å². The average molecular weight is 316 g/mol. The van der Waals surface area contributed by atoms with Crippen LogP contribution in [0.5, 0.6) is 0 Å². The van der Waals surface area contributed by atoms with E-state index >= 15 is 0 Å². The Morgan fingerprint density at radius 1 is 1.47 bits per heavy atom. The van der Waals surface area contributed by atoms with Crippen molar-refractivity contribution < 1.29 is 13.2 Å². The number of benzene rings is 1. The fourth-order valence-electron chi connectivity index (χ4n) is 1.55. The highest BCUT2D eigenvalue weighted by Crippen LogP contribution is 2.29. The lowest BCUT2D eigenvalue weighted by atomic mass is 10.2. The third-order valence-corrected chi connectivity index (χ3v) is 5.67. The van der Waals surface area contributed by atoms with Crippen LogP contribution < -0.4 is 0 Å². The van der Waals surface area contributed by atoms with Crippen molar-refractivity contribution in [2.24, 2.45) is 0 Å².